The normalized spacial score (nSPS) is 17.4. The van der Waals surface area contributed by atoms with E-state index in [-0.39, 0.29) is 6.17 Å². The molecule has 1 atom stereocenters. The molecule has 0 radical (unpaired) electrons. The van der Waals surface area contributed by atoms with Crippen LogP contribution < -0.4 is 5.32 Å². The number of fused-ring (bicyclic) bond motifs is 1. The monoisotopic (exact) mass is 242 g/mol. The molecular weight excluding hydrogens is 232 g/mol. The van der Waals surface area contributed by atoms with Crippen LogP contribution in [-0.2, 0) is 0 Å². The van der Waals surface area contributed by atoms with Gasteiger partial charge < -0.3 is 5.32 Å². The molecule has 1 unspecified atom stereocenters. The molecule has 1 aliphatic rings. The second-order valence-corrected chi connectivity index (χ2v) is 4.34. The summed E-state index contributed by atoms with van der Waals surface area (Å²) in [6, 6.07) is 15.9. The quantitative estimate of drug-likeness (QED) is 0.806. The van der Waals surface area contributed by atoms with Crippen LogP contribution in [0.1, 0.15) is 17.3 Å². The molecule has 3 heteroatoms. The first-order valence-electron chi connectivity index (χ1n) is 5.48. The lowest BCUT2D eigenvalue weighted by Gasteiger charge is -2.22. The van der Waals surface area contributed by atoms with Gasteiger partial charge in [0.1, 0.15) is 6.17 Å². The van der Waals surface area contributed by atoms with Gasteiger partial charge in [0.2, 0.25) is 0 Å². The Morgan fingerprint density at radius 1 is 1.00 bits per heavy atom. The van der Waals surface area contributed by atoms with Crippen LogP contribution in [0, 0.1) is 0 Å². The van der Waals surface area contributed by atoms with Gasteiger partial charge in [-0.05, 0) is 12.1 Å². The fourth-order valence-corrected chi connectivity index (χ4v) is 2.17. The summed E-state index contributed by atoms with van der Waals surface area (Å²) in [5.74, 6) is 0. The maximum Gasteiger partial charge on any atom is 0.146 e. The fraction of sp³-hybridized carbons (Fsp3) is 0.0714. The van der Waals surface area contributed by atoms with Gasteiger partial charge in [-0.15, -0.1) is 0 Å². The zero-order valence-electron chi connectivity index (χ0n) is 9.10. The average Bonchev–Trinajstić information content (AvgIpc) is 2.39. The molecule has 0 amide bonds. The Morgan fingerprint density at radius 2 is 1.76 bits per heavy atom. The summed E-state index contributed by atoms with van der Waals surface area (Å²) in [7, 11) is 0. The van der Waals surface area contributed by atoms with Crippen LogP contribution >= 0.6 is 11.6 Å². The van der Waals surface area contributed by atoms with Crippen LogP contribution in [0.2, 0.25) is 5.02 Å². The molecule has 2 nitrogen and oxygen atoms in total. The zero-order chi connectivity index (χ0) is 11.7. The SMILES string of the molecule is Clc1ccccc1C1N=Cc2ccccc2N1. The molecule has 1 N–H and O–H groups in total. The molecule has 0 fully saturated rings. The van der Waals surface area contributed by atoms with E-state index in [0.29, 0.717) is 0 Å². The summed E-state index contributed by atoms with van der Waals surface area (Å²) in [6.07, 6.45) is 1.79. The summed E-state index contributed by atoms with van der Waals surface area (Å²) in [4.78, 5) is 4.48. The molecule has 1 aliphatic heterocycles. The van der Waals surface area contributed by atoms with E-state index in [9.17, 15) is 0 Å². The van der Waals surface area contributed by atoms with Gasteiger partial charge in [0, 0.05) is 28.1 Å². The van der Waals surface area contributed by atoms with Crippen molar-refractivity contribution >= 4 is 23.5 Å². The van der Waals surface area contributed by atoms with Gasteiger partial charge in [-0.2, -0.15) is 0 Å². The number of para-hydroxylation sites is 1. The van der Waals surface area contributed by atoms with Crippen molar-refractivity contribution in [3.63, 3.8) is 0 Å². The van der Waals surface area contributed by atoms with Gasteiger partial charge in [-0.1, -0.05) is 48.0 Å². The van der Waals surface area contributed by atoms with Gasteiger partial charge in [0.05, 0.1) is 0 Å². The number of hydrogen-bond donors (Lipinski definition) is 1. The van der Waals surface area contributed by atoms with Crippen molar-refractivity contribution in [3.8, 4) is 0 Å². The second-order valence-electron chi connectivity index (χ2n) is 3.93. The number of halogens is 1. The smallest absolute Gasteiger partial charge is 0.146 e. The first kappa shape index (κ1) is 10.4. The van der Waals surface area contributed by atoms with Crippen LogP contribution in [0.3, 0.4) is 0 Å². The Bertz CT molecular complexity index is 578. The Morgan fingerprint density at radius 3 is 2.65 bits per heavy atom. The third kappa shape index (κ3) is 1.92. The van der Waals surface area contributed by atoms with Gasteiger partial charge >= 0.3 is 0 Å². The summed E-state index contributed by atoms with van der Waals surface area (Å²) >= 11 is 6.17. The molecule has 0 saturated heterocycles. The number of hydrogen-bond acceptors (Lipinski definition) is 2. The lowest BCUT2D eigenvalue weighted by molar-refractivity contribution is 0.834. The minimum atomic E-state index is -0.0985. The number of nitrogens with zero attached hydrogens (tertiary/aromatic N) is 1. The topological polar surface area (TPSA) is 24.4 Å². The maximum absolute atomic E-state index is 6.17. The van der Waals surface area contributed by atoms with E-state index < -0.39 is 0 Å². The third-order valence-electron chi connectivity index (χ3n) is 2.82. The molecule has 0 aliphatic carbocycles. The van der Waals surface area contributed by atoms with Crippen LogP contribution in [0.25, 0.3) is 0 Å². The molecular formula is C14H11ClN2. The first-order valence-corrected chi connectivity index (χ1v) is 5.85. The zero-order valence-corrected chi connectivity index (χ0v) is 9.85. The largest absolute Gasteiger partial charge is 0.360 e. The highest BCUT2D eigenvalue weighted by atomic mass is 35.5. The van der Waals surface area contributed by atoms with Gasteiger partial charge in [0.15, 0.2) is 0 Å². The van der Waals surface area contributed by atoms with E-state index in [0.717, 1.165) is 21.8 Å². The fourth-order valence-electron chi connectivity index (χ4n) is 1.94. The van der Waals surface area contributed by atoms with Crippen LogP contribution in [-0.4, -0.2) is 6.21 Å². The van der Waals surface area contributed by atoms with Crippen molar-refractivity contribution in [1.82, 2.24) is 0 Å². The highest BCUT2D eigenvalue weighted by molar-refractivity contribution is 6.31. The first-order chi connectivity index (χ1) is 8.34. The molecule has 0 spiro atoms. The standard InChI is InChI=1S/C14H11ClN2/c15-12-7-3-2-6-11(12)14-16-9-10-5-1-4-8-13(10)17-14/h1-9,14,17H. The molecule has 84 valence electrons. The predicted octanol–water partition coefficient (Wildman–Crippen LogP) is 3.88. The van der Waals surface area contributed by atoms with E-state index in [1.54, 1.807) is 0 Å². The average molecular weight is 243 g/mol. The number of benzene rings is 2. The van der Waals surface area contributed by atoms with Gasteiger partial charge in [-0.3, -0.25) is 4.99 Å². The Balaban J connectivity index is 1.98. The minimum absolute atomic E-state index is 0.0985. The lowest BCUT2D eigenvalue weighted by atomic mass is 10.1. The summed E-state index contributed by atoms with van der Waals surface area (Å²) in [6.45, 7) is 0. The van der Waals surface area contributed by atoms with Crippen molar-refractivity contribution in [2.45, 2.75) is 6.17 Å². The Labute approximate surface area is 105 Å². The number of anilines is 1. The molecule has 0 aromatic heterocycles. The van der Waals surface area contributed by atoms with E-state index in [2.05, 4.69) is 10.3 Å². The van der Waals surface area contributed by atoms with Crippen molar-refractivity contribution < 1.29 is 0 Å². The maximum atomic E-state index is 6.17. The van der Waals surface area contributed by atoms with Crippen LogP contribution in [0.4, 0.5) is 5.69 Å². The number of nitrogens with one attached hydrogen (secondary N) is 1. The number of rotatable bonds is 1. The molecule has 1 heterocycles. The minimum Gasteiger partial charge on any atom is -0.360 e. The highest BCUT2D eigenvalue weighted by Crippen LogP contribution is 2.30. The molecule has 0 bridgehead atoms. The summed E-state index contributed by atoms with van der Waals surface area (Å²) in [5.41, 5.74) is 3.20. The molecule has 2 aromatic carbocycles. The van der Waals surface area contributed by atoms with Crippen molar-refractivity contribution in [3.05, 3.63) is 64.7 Å². The number of aliphatic imine (C=N–C) groups is 1. The van der Waals surface area contributed by atoms with Gasteiger partial charge in [0.25, 0.3) is 0 Å². The van der Waals surface area contributed by atoms with Crippen LogP contribution in [0.15, 0.2) is 53.5 Å². The highest BCUT2D eigenvalue weighted by Gasteiger charge is 2.16. The van der Waals surface area contributed by atoms with E-state index in [1.165, 1.54) is 0 Å². The third-order valence-corrected chi connectivity index (χ3v) is 3.16. The van der Waals surface area contributed by atoms with Crippen molar-refractivity contribution in [2.24, 2.45) is 4.99 Å². The summed E-state index contributed by atoms with van der Waals surface area (Å²) < 4.78 is 0. The van der Waals surface area contributed by atoms with Gasteiger partial charge in [-0.25, -0.2) is 0 Å². The Kier molecular flexibility index (Phi) is 2.57. The van der Waals surface area contributed by atoms with Crippen molar-refractivity contribution in [2.75, 3.05) is 5.32 Å². The second kappa shape index (κ2) is 4.22. The van der Waals surface area contributed by atoms with Crippen molar-refractivity contribution in [1.29, 1.82) is 0 Å². The predicted molar refractivity (Wildman–Crippen MR) is 71.9 cm³/mol. The molecule has 17 heavy (non-hydrogen) atoms. The van der Waals surface area contributed by atoms with E-state index in [1.807, 2.05) is 54.7 Å². The molecule has 2 aromatic rings. The molecule has 0 saturated carbocycles. The van der Waals surface area contributed by atoms with Crippen LogP contribution in [0.5, 0.6) is 0 Å². The lowest BCUT2D eigenvalue weighted by Crippen LogP contribution is -2.14. The Hall–Kier alpha value is -1.80. The summed E-state index contributed by atoms with van der Waals surface area (Å²) in [5, 5.41) is 4.11. The molecule has 3 rings (SSSR count). The van der Waals surface area contributed by atoms with E-state index in [4.69, 9.17) is 11.6 Å². The van der Waals surface area contributed by atoms with E-state index >= 15 is 0 Å².